The summed E-state index contributed by atoms with van der Waals surface area (Å²) in [5, 5.41) is 0. The summed E-state index contributed by atoms with van der Waals surface area (Å²) in [6.07, 6.45) is 0. The van der Waals surface area contributed by atoms with Gasteiger partial charge in [0.25, 0.3) is 0 Å². The van der Waals surface area contributed by atoms with Crippen molar-refractivity contribution in [2.24, 2.45) is 11.8 Å². The van der Waals surface area contributed by atoms with Gasteiger partial charge in [0.15, 0.2) is 0 Å². The standard InChI is InChI=1S/C6H16N2.2ClH/c1-5(3-7)6(2)4-8;;/h5-6H,3-4,7-8H2,1-2H3;2*1H. The van der Waals surface area contributed by atoms with E-state index in [0.29, 0.717) is 0 Å². The highest BCUT2D eigenvalue weighted by Gasteiger charge is 2.10. The molecule has 2 unspecified atom stereocenters. The maximum atomic E-state index is 3.83. The average molecular weight is 189 g/mol. The summed E-state index contributed by atoms with van der Waals surface area (Å²) in [5.41, 5.74) is 7.65. The molecule has 0 saturated carbocycles. The highest BCUT2D eigenvalue weighted by molar-refractivity contribution is 4.56. The second-order valence-corrected chi connectivity index (χ2v) is 2.53. The van der Waals surface area contributed by atoms with Gasteiger partial charge in [0.05, 0.1) is 13.1 Å². The van der Waals surface area contributed by atoms with Crippen LogP contribution >= 0.6 is 0 Å². The van der Waals surface area contributed by atoms with Crippen molar-refractivity contribution in [2.45, 2.75) is 13.8 Å². The zero-order chi connectivity index (χ0) is 6.57. The Hall–Kier alpha value is 0.500. The smallest absolute Gasteiger partial charge is 0.0770 e. The minimum Gasteiger partial charge on any atom is -1.00 e. The Morgan fingerprint density at radius 2 is 1.10 bits per heavy atom. The molecule has 0 amide bonds. The molecule has 2 nitrogen and oxygen atoms in total. The molecule has 0 aliphatic rings. The zero-order valence-corrected chi connectivity index (χ0v) is 8.25. The number of halogens is 2. The van der Waals surface area contributed by atoms with Gasteiger partial charge in [0, 0.05) is 11.8 Å². The molecule has 6 N–H and O–H groups in total. The van der Waals surface area contributed by atoms with Crippen LogP contribution in [0.5, 0.6) is 0 Å². The summed E-state index contributed by atoms with van der Waals surface area (Å²) in [6.45, 7) is 6.53. The van der Waals surface area contributed by atoms with Crippen LogP contribution in [0.2, 0.25) is 0 Å². The van der Waals surface area contributed by atoms with Crippen molar-refractivity contribution in [1.29, 1.82) is 0 Å². The van der Waals surface area contributed by atoms with E-state index in [0.717, 1.165) is 24.9 Å². The van der Waals surface area contributed by atoms with E-state index in [-0.39, 0.29) is 24.8 Å². The molecule has 0 bridgehead atoms. The van der Waals surface area contributed by atoms with Gasteiger partial charge in [-0.3, -0.25) is 0 Å². The summed E-state index contributed by atoms with van der Waals surface area (Å²) < 4.78 is 0. The Labute approximate surface area is 75.5 Å². The van der Waals surface area contributed by atoms with Crippen LogP contribution < -0.4 is 36.3 Å². The molecule has 66 valence electrons. The molecule has 0 radical (unpaired) electrons. The lowest BCUT2D eigenvalue weighted by atomic mass is 9.97. The van der Waals surface area contributed by atoms with E-state index in [4.69, 9.17) is 0 Å². The molecule has 0 heterocycles. The topological polar surface area (TPSA) is 55.3 Å². The molecule has 0 aliphatic heterocycles. The number of hydrogen-bond acceptors (Lipinski definition) is 0. The lowest BCUT2D eigenvalue weighted by Crippen LogP contribution is -3.00. The van der Waals surface area contributed by atoms with E-state index < -0.39 is 0 Å². The minimum atomic E-state index is 0. The van der Waals surface area contributed by atoms with Gasteiger partial charge in [-0.25, -0.2) is 0 Å². The number of quaternary nitrogens is 2. The molecule has 4 heteroatoms. The van der Waals surface area contributed by atoms with Crippen molar-refractivity contribution in [1.82, 2.24) is 0 Å². The lowest BCUT2D eigenvalue weighted by molar-refractivity contribution is -0.403. The van der Waals surface area contributed by atoms with Gasteiger partial charge < -0.3 is 36.3 Å². The van der Waals surface area contributed by atoms with Gasteiger partial charge in [0.2, 0.25) is 0 Å². The molecule has 0 aliphatic carbocycles. The third-order valence-corrected chi connectivity index (χ3v) is 1.88. The third kappa shape index (κ3) is 6.62. The molecule has 0 spiro atoms. The Bertz CT molecular complexity index is 53.7. The van der Waals surface area contributed by atoms with Gasteiger partial charge in [-0.1, -0.05) is 13.8 Å². The Balaban J connectivity index is -0.000000245. The maximum absolute atomic E-state index is 3.83. The fourth-order valence-electron chi connectivity index (χ4n) is 0.569. The Kier molecular flexibility index (Phi) is 16.0. The summed E-state index contributed by atoms with van der Waals surface area (Å²) in [4.78, 5) is 0. The van der Waals surface area contributed by atoms with Crippen molar-refractivity contribution < 1.29 is 36.3 Å². The number of hydrogen-bond donors (Lipinski definition) is 2. The highest BCUT2D eigenvalue weighted by atomic mass is 35.5. The molecule has 2 atom stereocenters. The van der Waals surface area contributed by atoms with Crippen molar-refractivity contribution in [3.05, 3.63) is 0 Å². The van der Waals surface area contributed by atoms with E-state index in [2.05, 4.69) is 25.3 Å². The van der Waals surface area contributed by atoms with Crippen molar-refractivity contribution in [3.8, 4) is 0 Å². The molecule has 0 fully saturated rings. The van der Waals surface area contributed by atoms with Crippen molar-refractivity contribution in [2.75, 3.05) is 13.1 Å². The fourth-order valence-corrected chi connectivity index (χ4v) is 0.569. The second-order valence-electron chi connectivity index (χ2n) is 2.53. The molecule has 10 heavy (non-hydrogen) atoms. The predicted octanol–water partition coefficient (Wildman–Crippen LogP) is -7.25. The van der Waals surface area contributed by atoms with Gasteiger partial charge in [-0.15, -0.1) is 0 Å². The highest BCUT2D eigenvalue weighted by Crippen LogP contribution is 2.04. The van der Waals surface area contributed by atoms with Crippen molar-refractivity contribution >= 4 is 0 Å². The molecular weight excluding hydrogens is 171 g/mol. The minimum absolute atomic E-state index is 0. The summed E-state index contributed by atoms with van der Waals surface area (Å²) in [5.74, 6) is 1.49. The summed E-state index contributed by atoms with van der Waals surface area (Å²) >= 11 is 0. The predicted molar refractivity (Wildman–Crippen MR) is 33.8 cm³/mol. The van der Waals surface area contributed by atoms with Crippen LogP contribution in [0.25, 0.3) is 0 Å². The average Bonchev–Trinajstić information content (AvgIpc) is 1.84. The van der Waals surface area contributed by atoms with E-state index in [1.165, 1.54) is 0 Å². The Morgan fingerprint density at radius 1 is 0.900 bits per heavy atom. The van der Waals surface area contributed by atoms with Gasteiger partial charge in [-0.05, 0) is 0 Å². The van der Waals surface area contributed by atoms with Gasteiger partial charge in [-0.2, -0.15) is 0 Å². The SMILES string of the molecule is CC(C[NH3+])C(C)C[NH3+].[Cl-].[Cl-]. The van der Waals surface area contributed by atoms with E-state index in [1.807, 2.05) is 0 Å². The van der Waals surface area contributed by atoms with Crippen LogP contribution in [0.4, 0.5) is 0 Å². The maximum Gasteiger partial charge on any atom is 0.0770 e. The van der Waals surface area contributed by atoms with E-state index in [1.54, 1.807) is 0 Å². The van der Waals surface area contributed by atoms with Crippen LogP contribution in [-0.4, -0.2) is 13.1 Å². The zero-order valence-electron chi connectivity index (χ0n) is 6.74. The molecular formula is C6H18Cl2N2. The van der Waals surface area contributed by atoms with Crippen molar-refractivity contribution in [3.63, 3.8) is 0 Å². The first-order valence-corrected chi connectivity index (χ1v) is 3.30. The number of rotatable bonds is 3. The first-order valence-electron chi connectivity index (χ1n) is 3.30. The van der Waals surface area contributed by atoms with E-state index in [9.17, 15) is 0 Å². The third-order valence-electron chi connectivity index (χ3n) is 1.88. The molecule has 0 aromatic carbocycles. The normalized spacial score (nSPS) is 14.4. The summed E-state index contributed by atoms with van der Waals surface area (Å²) in [6, 6.07) is 0. The second kappa shape index (κ2) is 9.50. The first kappa shape index (κ1) is 16.8. The van der Waals surface area contributed by atoms with Crippen LogP contribution in [0.15, 0.2) is 0 Å². The van der Waals surface area contributed by atoms with Crippen LogP contribution in [0.3, 0.4) is 0 Å². The first-order chi connectivity index (χ1) is 3.72. The van der Waals surface area contributed by atoms with Gasteiger partial charge >= 0.3 is 0 Å². The molecule has 0 aromatic rings. The largest absolute Gasteiger partial charge is 1.00 e. The van der Waals surface area contributed by atoms with Gasteiger partial charge in [0.1, 0.15) is 0 Å². The van der Waals surface area contributed by atoms with Crippen LogP contribution in [0.1, 0.15) is 13.8 Å². The molecule has 0 rings (SSSR count). The lowest BCUT2D eigenvalue weighted by Gasteiger charge is -2.10. The van der Waals surface area contributed by atoms with Crippen LogP contribution in [0, 0.1) is 11.8 Å². The molecule has 0 saturated heterocycles. The quantitative estimate of drug-likeness (QED) is 0.443. The fraction of sp³-hybridized carbons (Fsp3) is 1.00. The molecule has 0 aromatic heterocycles. The van der Waals surface area contributed by atoms with Crippen LogP contribution in [-0.2, 0) is 0 Å². The van der Waals surface area contributed by atoms with E-state index >= 15 is 0 Å². The monoisotopic (exact) mass is 188 g/mol. The Morgan fingerprint density at radius 3 is 1.20 bits per heavy atom. The summed E-state index contributed by atoms with van der Waals surface area (Å²) in [7, 11) is 0.